The van der Waals surface area contributed by atoms with Crippen LogP contribution in [0.3, 0.4) is 0 Å². The summed E-state index contributed by atoms with van der Waals surface area (Å²) < 4.78 is 0.771. The van der Waals surface area contributed by atoms with E-state index >= 15 is 0 Å². The van der Waals surface area contributed by atoms with Gasteiger partial charge < -0.3 is 9.80 Å². The fraction of sp³-hybridized carbons (Fsp3) is 1.00. The second kappa shape index (κ2) is 8.22. The van der Waals surface area contributed by atoms with Crippen molar-refractivity contribution < 1.29 is 9.48 Å². The molecule has 0 saturated carbocycles. The number of hydrogen-bond acceptors (Lipinski definition) is 4. The van der Waals surface area contributed by atoms with Crippen molar-refractivity contribution in [1.29, 1.82) is 0 Å². The molecule has 0 aromatic heterocycles. The van der Waals surface area contributed by atoms with Gasteiger partial charge in [-0.2, -0.15) is 4.65 Å². The molecule has 0 unspecified atom stereocenters. The molecular formula is C20H43N4O+. The van der Waals surface area contributed by atoms with E-state index in [9.17, 15) is 0 Å². The van der Waals surface area contributed by atoms with Crippen LogP contribution in [0.5, 0.6) is 0 Å². The molecule has 2 aliphatic rings. The van der Waals surface area contributed by atoms with Crippen LogP contribution in [0.1, 0.15) is 34.6 Å². The molecular weight excluding hydrogens is 312 g/mol. The lowest BCUT2D eigenvalue weighted by molar-refractivity contribution is -1.09. The monoisotopic (exact) mass is 355 g/mol. The Balaban J connectivity index is 1.74. The van der Waals surface area contributed by atoms with Crippen molar-refractivity contribution in [2.75, 3.05) is 86.1 Å². The number of hydrogen-bond donors (Lipinski definition) is 0. The molecule has 2 fully saturated rings. The van der Waals surface area contributed by atoms with Crippen molar-refractivity contribution in [2.45, 2.75) is 34.6 Å². The van der Waals surface area contributed by atoms with Gasteiger partial charge >= 0.3 is 0 Å². The molecule has 25 heavy (non-hydrogen) atoms. The molecule has 0 bridgehead atoms. The predicted molar refractivity (Wildman–Crippen MR) is 105 cm³/mol. The Morgan fingerprint density at radius 2 is 1.32 bits per heavy atom. The highest BCUT2D eigenvalue weighted by Gasteiger charge is 2.35. The molecule has 2 rings (SSSR count). The lowest BCUT2D eigenvalue weighted by Crippen LogP contribution is -2.59. The van der Waals surface area contributed by atoms with Gasteiger partial charge in [-0.05, 0) is 12.5 Å². The average molecular weight is 356 g/mol. The van der Waals surface area contributed by atoms with Gasteiger partial charge in [-0.25, -0.2) is 4.84 Å². The fourth-order valence-electron chi connectivity index (χ4n) is 3.88. The van der Waals surface area contributed by atoms with E-state index in [1.807, 2.05) is 0 Å². The van der Waals surface area contributed by atoms with Crippen LogP contribution in [0.15, 0.2) is 0 Å². The molecule has 2 saturated heterocycles. The molecule has 2 aliphatic heterocycles. The predicted octanol–water partition coefficient (Wildman–Crippen LogP) is 2.00. The number of rotatable bonds is 6. The maximum Gasteiger partial charge on any atom is 0.121 e. The molecule has 2 heterocycles. The highest BCUT2D eigenvalue weighted by atomic mass is 16.7. The first-order chi connectivity index (χ1) is 11.5. The van der Waals surface area contributed by atoms with E-state index in [-0.39, 0.29) is 5.41 Å². The van der Waals surface area contributed by atoms with Crippen LogP contribution in [0.2, 0.25) is 0 Å². The molecule has 0 aromatic rings. The van der Waals surface area contributed by atoms with Crippen LogP contribution in [0.25, 0.3) is 0 Å². The summed E-state index contributed by atoms with van der Waals surface area (Å²) in [4.78, 5) is 14.1. The SMILES string of the molecule is CN1CCN(CC(C)(C)CO[N+]2(C)CCN(CC(C)(C)C)CC2)CC1. The molecule has 148 valence electrons. The normalized spacial score (nSPS) is 24.6. The summed E-state index contributed by atoms with van der Waals surface area (Å²) in [5, 5.41) is 0. The lowest BCUT2D eigenvalue weighted by atomic mass is 9.94. The Morgan fingerprint density at radius 3 is 1.84 bits per heavy atom. The van der Waals surface area contributed by atoms with Gasteiger partial charge in [0.1, 0.15) is 19.7 Å². The second-order valence-corrected chi connectivity index (χ2v) is 10.6. The first-order valence-corrected chi connectivity index (χ1v) is 10.1. The Labute approximate surface area is 156 Å². The largest absolute Gasteiger partial charge is 0.304 e. The van der Waals surface area contributed by atoms with Gasteiger partial charge in [0.2, 0.25) is 0 Å². The summed E-state index contributed by atoms with van der Waals surface area (Å²) in [6.45, 7) is 24.1. The summed E-state index contributed by atoms with van der Waals surface area (Å²) in [7, 11) is 4.48. The zero-order chi connectivity index (χ0) is 18.7. The number of likely N-dealkylation sites (N-methyl/N-ethyl adjacent to an activating group) is 2. The topological polar surface area (TPSA) is 19.0 Å². The average Bonchev–Trinajstić information content (AvgIpc) is 2.49. The van der Waals surface area contributed by atoms with Crippen LogP contribution in [0.4, 0.5) is 0 Å². The zero-order valence-corrected chi connectivity index (χ0v) is 18.0. The minimum Gasteiger partial charge on any atom is -0.304 e. The van der Waals surface area contributed by atoms with Crippen molar-refractivity contribution in [3.8, 4) is 0 Å². The number of quaternary nitrogens is 1. The van der Waals surface area contributed by atoms with E-state index in [4.69, 9.17) is 4.84 Å². The van der Waals surface area contributed by atoms with Gasteiger partial charge in [-0.15, -0.1) is 0 Å². The Bertz CT molecular complexity index is 402. The molecule has 0 N–H and O–H groups in total. The van der Waals surface area contributed by atoms with Crippen LogP contribution in [-0.4, -0.2) is 105 Å². The zero-order valence-electron chi connectivity index (χ0n) is 18.0. The molecule has 5 nitrogen and oxygen atoms in total. The van der Waals surface area contributed by atoms with Crippen LogP contribution < -0.4 is 0 Å². The molecule has 0 atom stereocenters. The quantitative estimate of drug-likeness (QED) is 0.678. The fourth-order valence-corrected chi connectivity index (χ4v) is 3.88. The maximum atomic E-state index is 6.45. The van der Waals surface area contributed by atoms with Crippen molar-refractivity contribution >= 4 is 0 Å². The molecule has 0 radical (unpaired) electrons. The summed E-state index contributed by atoms with van der Waals surface area (Å²) in [5.74, 6) is 0. The molecule has 0 aliphatic carbocycles. The van der Waals surface area contributed by atoms with Gasteiger partial charge in [0, 0.05) is 44.7 Å². The Morgan fingerprint density at radius 1 is 0.800 bits per heavy atom. The Kier molecular flexibility index (Phi) is 6.94. The maximum absolute atomic E-state index is 6.45. The number of hydroxylamine groups is 3. The van der Waals surface area contributed by atoms with Crippen molar-refractivity contribution in [3.63, 3.8) is 0 Å². The third-order valence-corrected chi connectivity index (χ3v) is 5.49. The van der Waals surface area contributed by atoms with Gasteiger partial charge in [-0.1, -0.05) is 34.6 Å². The van der Waals surface area contributed by atoms with Gasteiger partial charge in [-0.3, -0.25) is 4.90 Å². The van der Waals surface area contributed by atoms with E-state index in [0.717, 1.165) is 44.0 Å². The van der Waals surface area contributed by atoms with Gasteiger partial charge in [0.15, 0.2) is 0 Å². The summed E-state index contributed by atoms with van der Waals surface area (Å²) in [5.41, 5.74) is 0.589. The summed E-state index contributed by atoms with van der Waals surface area (Å²) in [6, 6.07) is 0. The number of nitrogens with zero attached hydrogens (tertiary/aromatic N) is 4. The molecule has 0 spiro atoms. The van der Waals surface area contributed by atoms with E-state index < -0.39 is 0 Å². The van der Waals surface area contributed by atoms with Gasteiger partial charge in [0.05, 0.1) is 20.1 Å². The highest BCUT2D eigenvalue weighted by Crippen LogP contribution is 2.23. The molecule has 5 heteroatoms. The molecule has 0 amide bonds. The minimum atomic E-state index is 0.208. The van der Waals surface area contributed by atoms with E-state index in [1.165, 1.54) is 32.7 Å². The Hall–Kier alpha value is -0.200. The number of piperazine rings is 2. The van der Waals surface area contributed by atoms with Crippen molar-refractivity contribution in [2.24, 2.45) is 10.8 Å². The second-order valence-electron chi connectivity index (χ2n) is 10.6. The standard InChI is InChI=1S/C20H43N4O/c1-19(2,3)16-23-12-14-24(7,15-13-23)25-18-20(4,5)17-22-10-8-21(6)9-11-22/h8-18H2,1-7H3/q+1. The van der Waals surface area contributed by atoms with Crippen molar-refractivity contribution in [1.82, 2.24) is 14.7 Å². The minimum absolute atomic E-state index is 0.208. The third kappa shape index (κ3) is 7.51. The van der Waals surface area contributed by atoms with Gasteiger partial charge in [0.25, 0.3) is 0 Å². The molecule has 0 aromatic carbocycles. The van der Waals surface area contributed by atoms with Crippen LogP contribution in [0, 0.1) is 10.8 Å². The highest BCUT2D eigenvalue weighted by molar-refractivity contribution is 4.77. The van der Waals surface area contributed by atoms with E-state index in [1.54, 1.807) is 0 Å². The summed E-state index contributed by atoms with van der Waals surface area (Å²) in [6.07, 6.45) is 0. The summed E-state index contributed by atoms with van der Waals surface area (Å²) >= 11 is 0. The third-order valence-electron chi connectivity index (χ3n) is 5.49. The van der Waals surface area contributed by atoms with E-state index in [2.05, 4.69) is 63.4 Å². The smallest absolute Gasteiger partial charge is 0.121 e. The van der Waals surface area contributed by atoms with E-state index in [0.29, 0.717) is 5.41 Å². The van der Waals surface area contributed by atoms with Crippen LogP contribution >= 0.6 is 0 Å². The van der Waals surface area contributed by atoms with Crippen molar-refractivity contribution in [3.05, 3.63) is 0 Å². The first-order valence-electron chi connectivity index (χ1n) is 10.1. The first kappa shape index (κ1) is 21.1. The van der Waals surface area contributed by atoms with Crippen LogP contribution in [-0.2, 0) is 4.84 Å². The lowest BCUT2D eigenvalue weighted by Gasteiger charge is -2.43.